The summed E-state index contributed by atoms with van der Waals surface area (Å²) in [4.78, 5) is 15.2. The molecule has 140 valence electrons. The highest BCUT2D eigenvalue weighted by atomic mass is 16.5. The van der Waals surface area contributed by atoms with Gasteiger partial charge >= 0.3 is 0 Å². The van der Waals surface area contributed by atoms with E-state index in [0.29, 0.717) is 0 Å². The van der Waals surface area contributed by atoms with Crippen molar-refractivity contribution in [2.24, 2.45) is 7.05 Å². The van der Waals surface area contributed by atoms with Crippen LogP contribution in [0.1, 0.15) is 31.4 Å². The van der Waals surface area contributed by atoms with Crippen LogP contribution in [-0.2, 0) is 11.8 Å². The highest BCUT2D eigenvalue weighted by Crippen LogP contribution is 2.37. The molecule has 1 aromatic carbocycles. The second-order valence-corrected chi connectivity index (χ2v) is 6.97. The largest absolute Gasteiger partial charge is 0.496 e. The predicted octanol–water partition coefficient (Wildman–Crippen LogP) is 3.22. The molecule has 1 amide bonds. The number of ether oxygens (including phenoxy) is 1. The second kappa shape index (κ2) is 7.91. The van der Waals surface area contributed by atoms with Gasteiger partial charge in [-0.1, -0.05) is 31.0 Å². The van der Waals surface area contributed by atoms with Crippen molar-refractivity contribution in [2.75, 3.05) is 26.0 Å². The first-order chi connectivity index (χ1) is 12.5. The maximum absolute atomic E-state index is 13.0. The summed E-state index contributed by atoms with van der Waals surface area (Å²) in [5.74, 6) is 1.52. The zero-order valence-corrected chi connectivity index (χ0v) is 16.1. The van der Waals surface area contributed by atoms with Crippen LogP contribution in [0.2, 0.25) is 0 Å². The number of para-hydroxylation sites is 1. The topological polar surface area (TPSA) is 59.4 Å². The predicted molar refractivity (Wildman–Crippen MR) is 103 cm³/mol. The van der Waals surface area contributed by atoms with E-state index >= 15 is 0 Å². The number of likely N-dealkylation sites (tertiary alicyclic amines) is 1. The summed E-state index contributed by atoms with van der Waals surface area (Å²) in [6, 6.07) is 7.73. The van der Waals surface area contributed by atoms with Gasteiger partial charge in [-0.2, -0.15) is 5.10 Å². The average molecular weight is 356 g/mol. The minimum absolute atomic E-state index is 0.0357. The lowest BCUT2D eigenvalue weighted by Crippen LogP contribution is -2.41. The number of hydrogen-bond acceptors (Lipinski definition) is 4. The number of benzene rings is 1. The van der Waals surface area contributed by atoms with Crippen LogP contribution in [0.5, 0.6) is 5.75 Å². The Kier molecular flexibility index (Phi) is 5.61. The molecule has 0 spiro atoms. The van der Waals surface area contributed by atoms with E-state index in [-0.39, 0.29) is 11.9 Å². The van der Waals surface area contributed by atoms with E-state index in [1.165, 1.54) is 6.42 Å². The minimum atomic E-state index is -0.0989. The SMILES string of the molecule is COc1ccccc1-c1c(C)nn(C)c1NC(=O)C1CCCCCN1C. The van der Waals surface area contributed by atoms with E-state index in [9.17, 15) is 4.79 Å². The maximum Gasteiger partial charge on any atom is 0.242 e. The lowest BCUT2D eigenvalue weighted by atomic mass is 10.0. The molecule has 2 aromatic rings. The van der Waals surface area contributed by atoms with Crippen LogP contribution in [0.15, 0.2) is 24.3 Å². The molecule has 0 saturated carbocycles. The molecule has 1 N–H and O–H groups in total. The molecule has 1 saturated heterocycles. The van der Waals surface area contributed by atoms with Crippen molar-refractivity contribution in [1.82, 2.24) is 14.7 Å². The monoisotopic (exact) mass is 356 g/mol. The van der Waals surface area contributed by atoms with Gasteiger partial charge in [-0.05, 0) is 39.4 Å². The highest BCUT2D eigenvalue weighted by molar-refractivity contribution is 5.98. The number of carbonyl (C=O) groups excluding carboxylic acids is 1. The zero-order chi connectivity index (χ0) is 18.7. The third-order valence-electron chi connectivity index (χ3n) is 5.16. The van der Waals surface area contributed by atoms with Gasteiger partial charge in [0, 0.05) is 12.6 Å². The van der Waals surface area contributed by atoms with Crippen molar-refractivity contribution < 1.29 is 9.53 Å². The average Bonchev–Trinajstić information content (AvgIpc) is 2.78. The van der Waals surface area contributed by atoms with Crippen LogP contribution in [0, 0.1) is 6.92 Å². The summed E-state index contributed by atoms with van der Waals surface area (Å²) < 4.78 is 7.26. The van der Waals surface area contributed by atoms with Crippen LogP contribution in [0.3, 0.4) is 0 Å². The molecular weight excluding hydrogens is 328 g/mol. The summed E-state index contributed by atoms with van der Waals surface area (Å²) >= 11 is 0. The summed E-state index contributed by atoms with van der Waals surface area (Å²) in [6.45, 7) is 2.91. The molecule has 1 aromatic heterocycles. The van der Waals surface area contributed by atoms with Crippen LogP contribution >= 0.6 is 0 Å². The Morgan fingerprint density at radius 1 is 1.23 bits per heavy atom. The fourth-order valence-electron chi connectivity index (χ4n) is 3.76. The van der Waals surface area contributed by atoms with Crippen molar-refractivity contribution in [2.45, 2.75) is 38.6 Å². The Morgan fingerprint density at radius 2 is 2.00 bits per heavy atom. The molecule has 1 aliphatic heterocycles. The number of carbonyl (C=O) groups is 1. The number of anilines is 1. The molecule has 1 fully saturated rings. The molecule has 0 aliphatic carbocycles. The van der Waals surface area contributed by atoms with Crippen molar-refractivity contribution in [3.63, 3.8) is 0 Å². The molecule has 1 aliphatic rings. The van der Waals surface area contributed by atoms with Gasteiger partial charge < -0.3 is 10.1 Å². The standard InChI is InChI=1S/C20H28N4O2/c1-14-18(15-10-7-8-12-17(15)26-4)19(24(3)22-14)21-20(25)16-11-6-5-9-13-23(16)2/h7-8,10,12,16H,5-6,9,11,13H2,1-4H3,(H,21,25). The number of aromatic nitrogens is 2. The molecule has 6 heteroatoms. The van der Waals surface area contributed by atoms with E-state index in [1.807, 2.05) is 45.3 Å². The maximum atomic E-state index is 13.0. The minimum Gasteiger partial charge on any atom is -0.496 e. The summed E-state index contributed by atoms with van der Waals surface area (Å²) in [5, 5.41) is 7.67. The Balaban J connectivity index is 1.94. The first-order valence-corrected chi connectivity index (χ1v) is 9.21. The van der Waals surface area contributed by atoms with E-state index in [4.69, 9.17) is 4.74 Å². The molecule has 1 atom stereocenters. The first kappa shape index (κ1) is 18.5. The fourth-order valence-corrected chi connectivity index (χ4v) is 3.76. The van der Waals surface area contributed by atoms with Crippen molar-refractivity contribution in [1.29, 1.82) is 0 Å². The number of hydrogen-bond donors (Lipinski definition) is 1. The molecular formula is C20H28N4O2. The Morgan fingerprint density at radius 3 is 2.77 bits per heavy atom. The fraction of sp³-hybridized carbons (Fsp3) is 0.500. The van der Waals surface area contributed by atoms with Gasteiger partial charge in [-0.25, -0.2) is 0 Å². The third-order valence-corrected chi connectivity index (χ3v) is 5.16. The van der Waals surface area contributed by atoms with Gasteiger partial charge in [0.2, 0.25) is 5.91 Å². The molecule has 6 nitrogen and oxygen atoms in total. The first-order valence-electron chi connectivity index (χ1n) is 9.21. The highest BCUT2D eigenvalue weighted by Gasteiger charge is 2.27. The summed E-state index contributed by atoms with van der Waals surface area (Å²) in [7, 11) is 5.55. The van der Waals surface area contributed by atoms with Crippen LogP contribution in [0.25, 0.3) is 11.1 Å². The van der Waals surface area contributed by atoms with Crippen molar-refractivity contribution in [3.05, 3.63) is 30.0 Å². The molecule has 0 bridgehead atoms. The lowest BCUT2D eigenvalue weighted by molar-refractivity contribution is -0.120. The quantitative estimate of drug-likeness (QED) is 0.914. The zero-order valence-electron chi connectivity index (χ0n) is 16.1. The number of rotatable bonds is 4. The molecule has 3 rings (SSSR count). The van der Waals surface area contributed by atoms with Gasteiger partial charge in [0.25, 0.3) is 0 Å². The number of amides is 1. The smallest absolute Gasteiger partial charge is 0.242 e. The number of likely N-dealkylation sites (N-methyl/N-ethyl adjacent to an activating group) is 1. The lowest BCUT2D eigenvalue weighted by Gasteiger charge is -2.25. The Labute approximate surface area is 155 Å². The van der Waals surface area contributed by atoms with Gasteiger partial charge in [0.15, 0.2) is 0 Å². The Bertz CT molecular complexity index is 784. The summed E-state index contributed by atoms with van der Waals surface area (Å²) in [5.41, 5.74) is 2.71. The van der Waals surface area contributed by atoms with Gasteiger partial charge in [-0.15, -0.1) is 0 Å². The van der Waals surface area contributed by atoms with Gasteiger partial charge in [0.05, 0.1) is 24.4 Å². The van der Waals surface area contributed by atoms with E-state index in [1.54, 1.807) is 11.8 Å². The number of methoxy groups -OCH3 is 1. The third kappa shape index (κ3) is 3.60. The number of nitrogens with zero attached hydrogens (tertiary/aromatic N) is 3. The Hall–Kier alpha value is -2.34. The summed E-state index contributed by atoms with van der Waals surface area (Å²) in [6.07, 6.45) is 4.32. The van der Waals surface area contributed by atoms with Crippen molar-refractivity contribution in [3.8, 4) is 16.9 Å². The second-order valence-electron chi connectivity index (χ2n) is 6.97. The van der Waals surface area contributed by atoms with Crippen molar-refractivity contribution >= 4 is 11.7 Å². The van der Waals surface area contributed by atoms with Crippen LogP contribution in [0.4, 0.5) is 5.82 Å². The van der Waals surface area contributed by atoms with E-state index in [0.717, 1.165) is 54.2 Å². The normalized spacial score (nSPS) is 18.4. The van der Waals surface area contributed by atoms with Crippen LogP contribution < -0.4 is 10.1 Å². The molecule has 26 heavy (non-hydrogen) atoms. The van der Waals surface area contributed by atoms with E-state index in [2.05, 4.69) is 15.3 Å². The molecule has 2 heterocycles. The molecule has 0 radical (unpaired) electrons. The van der Waals surface area contributed by atoms with Crippen LogP contribution in [-0.4, -0.2) is 47.3 Å². The number of nitrogens with one attached hydrogen (secondary N) is 1. The number of aryl methyl sites for hydroxylation is 2. The van der Waals surface area contributed by atoms with Gasteiger partial charge in [0.1, 0.15) is 11.6 Å². The molecule has 1 unspecified atom stereocenters. The van der Waals surface area contributed by atoms with Gasteiger partial charge in [-0.3, -0.25) is 14.4 Å². The van der Waals surface area contributed by atoms with E-state index < -0.39 is 0 Å².